The molecule has 130 valence electrons. The zero-order chi connectivity index (χ0) is 16.9. The number of nitrogens with zero attached hydrogens (tertiary/aromatic N) is 2. The Balaban J connectivity index is 1.68. The van der Waals surface area contributed by atoms with Gasteiger partial charge in [0.2, 0.25) is 0 Å². The first-order valence-electron chi connectivity index (χ1n) is 8.83. The van der Waals surface area contributed by atoms with Crippen LogP contribution >= 0.6 is 0 Å². The SMILES string of the molecule is CCN1CCC[C@H]1CNC(=O)c1ccc2ccn(CCOC)c2c1. The van der Waals surface area contributed by atoms with E-state index in [1.165, 1.54) is 12.8 Å². The fourth-order valence-corrected chi connectivity index (χ4v) is 3.56. The van der Waals surface area contributed by atoms with Crippen molar-refractivity contribution >= 4 is 16.8 Å². The first-order chi connectivity index (χ1) is 11.7. The molecule has 1 aliphatic heterocycles. The van der Waals surface area contributed by atoms with Crippen LogP contribution in [0.15, 0.2) is 30.5 Å². The van der Waals surface area contributed by atoms with Gasteiger partial charge in [0.1, 0.15) is 0 Å². The molecule has 2 aromatic rings. The fourth-order valence-electron chi connectivity index (χ4n) is 3.56. The highest BCUT2D eigenvalue weighted by Gasteiger charge is 2.23. The van der Waals surface area contributed by atoms with Crippen LogP contribution in [-0.4, -0.2) is 54.8 Å². The lowest BCUT2D eigenvalue weighted by Crippen LogP contribution is -2.40. The Morgan fingerprint density at radius 2 is 2.25 bits per heavy atom. The molecule has 1 atom stereocenters. The van der Waals surface area contributed by atoms with E-state index in [1.54, 1.807) is 7.11 Å². The molecular weight excluding hydrogens is 302 g/mol. The van der Waals surface area contributed by atoms with Crippen LogP contribution in [-0.2, 0) is 11.3 Å². The molecular formula is C19H27N3O2. The number of likely N-dealkylation sites (N-methyl/N-ethyl adjacent to an activating group) is 1. The summed E-state index contributed by atoms with van der Waals surface area (Å²) in [6, 6.07) is 8.45. The molecule has 1 aromatic heterocycles. The number of methoxy groups -OCH3 is 1. The largest absolute Gasteiger partial charge is 0.383 e. The molecule has 1 N–H and O–H groups in total. The zero-order valence-electron chi connectivity index (χ0n) is 14.6. The molecule has 1 aromatic carbocycles. The minimum absolute atomic E-state index is 0.0133. The number of carbonyl (C=O) groups excluding carboxylic acids is 1. The smallest absolute Gasteiger partial charge is 0.251 e. The van der Waals surface area contributed by atoms with Crippen LogP contribution in [0.4, 0.5) is 0 Å². The topological polar surface area (TPSA) is 46.5 Å². The van der Waals surface area contributed by atoms with Gasteiger partial charge in [-0.05, 0) is 49.5 Å². The molecule has 24 heavy (non-hydrogen) atoms. The van der Waals surface area contributed by atoms with Crippen LogP contribution < -0.4 is 5.32 Å². The van der Waals surface area contributed by atoms with E-state index in [4.69, 9.17) is 4.74 Å². The van der Waals surface area contributed by atoms with Gasteiger partial charge in [0.15, 0.2) is 0 Å². The lowest BCUT2D eigenvalue weighted by molar-refractivity contribution is 0.0941. The minimum Gasteiger partial charge on any atom is -0.383 e. The van der Waals surface area contributed by atoms with E-state index in [0.29, 0.717) is 12.6 Å². The van der Waals surface area contributed by atoms with Gasteiger partial charge in [-0.3, -0.25) is 9.69 Å². The van der Waals surface area contributed by atoms with Gasteiger partial charge in [0, 0.05) is 43.5 Å². The summed E-state index contributed by atoms with van der Waals surface area (Å²) in [6.45, 7) is 6.57. The van der Waals surface area contributed by atoms with Crippen molar-refractivity contribution in [3.8, 4) is 0 Å². The van der Waals surface area contributed by atoms with Crippen molar-refractivity contribution in [1.82, 2.24) is 14.8 Å². The number of carbonyl (C=O) groups is 1. The predicted molar refractivity (Wildman–Crippen MR) is 96.4 cm³/mol. The van der Waals surface area contributed by atoms with Crippen LogP contribution in [0, 0.1) is 0 Å². The summed E-state index contributed by atoms with van der Waals surface area (Å²) in [4.78, 5) is 15.0. The highest BCUT2D eigenvalue weighted by atomic mass is 16.5. The van der Waals surface area contributed by atoms with Crippen molar-refractivity contribution in [3.05, 3.63) is 36.0 Å². The van der Waals surface area contributed by atoms with Gasteiger partial charge in [-0.25, -0.2) is 0 Å². The van der Waals surface area contributed by atoms with Crippen LogP contribution in [0.2, 0.25) is 0 Å². The lowest BCUT2D eigenvalue weighted by Gasteiger charge is -2.22. The van der Waals surface area contributed by atoms with E-state index in [0.717, 1.165) is 42.6 Å². The zero-order valence-corrected chi connectivity index (χ0v) is 14.6. The molecule has 1 saturated heterocycles. The van der Waals surface area contributed by atoms with Crippen molar-refractivity contribution in [2.45, 2.75) is 32.4 Å². The second-order valence-electron chi connectivity index (χ2n) is 6.41. The summed E-state index contributed by atoms with van der Waals surface area (Å²) in [5.74, 6) is 0.0133. The number of hydrogen-bond acceptors (Lipinski definition) is 3. The van der Waals surface area contributed by atoms with Crippen LogP contribution in [0.5, 0.6) is 0 Å². The van der Waals surface area contributed by atoms with Gasteiger partial charge in [-0.2, -0.15) is 0 Å². The maximum absolute atomic E-state index is 12.5. The Bertz CT molecular complexity index is 695. The maximum Gasteiger partial charge on any atom is 0.251 e. The van der Waals surface area contributed by atoms with E-state index in [1.807, 2.05) is 24.4 Å². The fraction of sp³-hybridized carbons (Fsp3) is 0.526. The molecule has 0 saturated carbocycles. The van der Waals surface area contributed by atoms with Crippen LogP contribution in [0.3, 0.4) is 0 Å². The maximum atomic E-state index is 12.5. The molecule has 1 amide bonds. The first kappa shape index (κ1) is 17.0. The summed E-state index contributed by atoms with van der Waals surface area (Å²) in [7, 11) is 1.70. The molecule has 1 fully saturated rings. The third-order valence-electron chi connectivity index (χ3n) is 4.98. The van der Waals surface area contributed by atoms with E-state index >= 15 is 0 Å². The summed E-state index contributed by atoms with van der Waals surface area (Å²) < 4.78 is 7.28. The van der Waals surface area contributed by atoms with Crippen molar-refractivity contribution in [1.29, 1.82) is 0 Å². The minimum atomic E-state index is 0.0133. The lowest BCUT2D eigenvalue weighted by atomic mass is 10.1. The Morgan fingerprint density at radius 1 is 1.38 bits per heavy atom. The van der Waals surface area contributed by atoms with Crippen molar-refractivity contribution < 1.29 is 9.53 Å². The molecule has 0 unspecified atom stereocenters. The summed E-state index contributed by atoms with van der Waals surface area (Å²) in [5.41, 5.74) is 1.80. The predicted octanol–water partition coefficient (Wildman–Crippen LogP) is 2.50. The van der Waals surface area contributed by atoms with Gasteiger partial charge in [-0.1, -0.05) is 13.0 Å². The molecule has 3 rings (SSSR count). The molecule has 0 aliphatic carbocycles. The molecule has 0 spiro atoms. The van der Waals surface area contributed by atoms with E-state index < -0.39 is 0 Å². The van der Waals surface area contributed by atoms with E-state index in [9.17, 15) is 4.79 Å². The summed E-state index contributed by atoms with van der Waals surface area (Å²) in [6.07, 6.45) is 4.45. The Kier molecular flexibility index (Phi) is 5.53. The number of fused-ring (bicyclic) bond motifs is 1. The number of ether oxygens (including phenoxy) is 1. The number of amides is 1. The van der Waals surface area contributed by atoms with Crippen molar-refractivity contribution in [3.63, 3.8) is 0 Å². The Morgan fingerprint density at radius 3 is 3.04 bits per heavy atom. The number of likely N-dealkylation sites (tertiary alicyclic amines) is 1. The average Bonchev–Trinajstić information content (AvgIpc) is 3.23. The number of nitrogens with one attached hydrogen (secondary N) is 1. The molecule has 5 heteroatoms. The van der Waals surface area contributed by atoms with Gasteiger partial charge in [0.05, 0.1) is 6.61 Å². The quantitative estimate of drug-likeness (QED) is 0.849. The number of benzene rings is 1. The average molecular weight is 329 g/mol. The second-order valence-corrected chi connectivity index (χ2v) is 6.41. The first-order valence-corrected chi connectivity index (χ1v) is 8.83. The van der Waals surface area contributed by atoms with Gasteiger partial charge in [0.25, 0.3) is 5.91 Å². The molecule has 5 nitrogen and oxygen atoms in total. The van der Waals surface area contributed by atoms with Gasteiger partial charge in [-0.15, -0.1) is 0 Å². The second kappa shape index (κ2) is 7.81. The number of hydrogen-bond donors (Lipinski definition) is 1. The Hall–Kier alpha value is -1.85. The molecule has 0 radical (unpaired) electrons. The highest BCUT2D eigenvalue weighted by molar-refractivity contribution is 5.98. The van der Waals surface area contributed by atoms with Gasteiger partial charge >= 0.3 is 0 Å². The molecule has 1 aliphatic rings. The summed E-state index contributed by atoms with van der Waals surface area (Å²) >= 11 is 0. The third-order valence-corrected chi connectivity index (χ3v) is 4.98. The summed E-state index contributed by atoms with van der Waals surface area (Å²) in [5, 5.41) is 4.26. The normalized spacial score (nSPS) is 18.3. The van der Waals surface area contributed by atoms with Crippen LogP contribution in [0.25, 0.3) is 10.9 Å². The van der Waals surface area contributed by atoms with Crippen molar-refractivity contribution in [2.24, 2.45) is 0 Å². The van der Waals surface area contributed by atoms with E-state index in [-0.39, 0.29) is 5.91 Å². The Labute approximate surface area is 143 Å². The van der Waals surface area contributed by atoms with E-state index in [2.05, 4.69) is 27.8 Å². The third kappa shape index (κ3) is 3.62. The monoisotopic (exact) mass is 329 g/mol. The van der Waals surface area contributed by atoms with Crippen LogP contribution in [0.1, 0.15) is 30.1 Å². The standard InChI is InChI=1S/C19H27N3O2/c1-3-21-9-4-5-17(21)14-20-19(23)16-7-6-15-8-10-22(11-12-24-2)18(15)13-16/h6-8,10,13,17H,3-5,9,11-12,14H2,1-2H3,(H,20,23)/t17-/m0/s1. The number of rotatable bonds is 7. The molecule has 0 bridgehead atoms. The highest BCUT2D eigenvalue weighted by Crippen LogP contribution is 2.19. The van der Waals surface area contributed by atoms with Crippen molar-refractivity contribution in [2.75, 3.05) is 33.4 Å². The molecule has 2 heterocycles. The number of aromatic nitrogens is 1. The van der Waals surface area contributed by atoms with Gasteiger partial charge < -0.3 is 14.6 Å².